The van der Waals surface area contributed by atoms with Crippen molar-refractivity contribution in [1.82, 2.24) is 84.7 Å². The zero-order chi connectivity index (χ0) is 80.9. The fourth-order valence-corrected chi connectivity index (χ4v) is 12.8. The van der Waals surface area contributed by atoms with Gasteiger partial charge in [-0.05, 0) is 187 Å². The lowest BCUT2D eigenvalue weighted by molar-refractivity contribution is 0.0695. The summed E-state index contributed by atoms with van der Waals surface area (Å²) in [6.45, 7) is 8.73. The summed E-state index contributed by atoms with van der Waals surface area (Å²) in [6.07, 6.45) is 22.8. The second kappa shape index (κ2) is 44.7. The minimum absolute atomic E-state index is 0.00614. The Morgan fingerprint density at radius 2 is 0.496 bits per heavy atom. The molecule has 117 heavy (non-hydrogen) atoms. The molecule has 0 aliphatic carbocycles. The van der Waals surface area contributed by atoms with Crippen LogP contribution in [0, 0.1) is 0 Å². The van der Waals surface area contributed by atoms with Gasteiger partial charge in [0.05, 0.1) is 79.5 Å². The highest BCUT2D eigenvalue weighted by Gasteiger charge is 2.19. The molecule has 0 unspecified atom stereocenters. The smallest absolute Gasteiger partial charge is 0.337 e. The number of aromatic nitrogens is 12. The van der Waals surface area contributed by atoms with Crippen molar-refractivity contribution in [3.05, 3.63) is 430 Å². The Morgan fingerprint density at radius 1 is 0.265 bits per heavy atom. The molecule has 23 heteroatoms. The molecule has 0 saturated heterocycles. The number of carbonyl (C=O) groups excluding carboxylic acids is 3. The van der Waals surface area contributed by atoms with Crippen LogP contribution >= 0.6 is 0 Å². The van der Waals surface area contributed by atoms with Gasteiger partial charge >= 0.3 is 5.97 Å². The summed E-state index contributed by atoms with van der Waals surface area (Å²) in [5, 5.41) is 12.0. The summed E-state index contributed by atoms with van der Waals surface area (Å²) in [5.41, 5.74) is 22.8. The van der Waals surface area contributed by atoms with Crippen molar-refractivity contribution >= 4 is 23.4 Å². The summed E-state index contributed by atoms with van der Waals surface area (Å²) in [5.74, 6) is -1.08. The van der Waals surface area contributed by atoms with Crippen LogP contribution in [0.4, 0.5) is 0 Å². The van der Waals surface area contributed by atoms with Crippen LogP contribution in [0.15, 0.2) is 317 Å². The lowest BCUT2D eigenvalue weighted by Gasteiger charge is -2.21. The highest BCUT2D eigenvalue weighted by molar-refractivity contribution is 5.98. The molecule has 588 valence electrons. The number of rotatable bonds is 37. The number of Topliss-reactive ketones (excluding diaryl/α,β-unsaturated/α-hetero) is 2. The fourth-order valence-electron chi connectivity index (χ4n) is 12.8. The van der Waals surface area contributed by atoms with E-state index in [0.29, 0.717) is 121 Å². The van der Waals surface area contributed by atoms with Crippen LogP contribution in [0.25, 0.3) is 0 Å². The molecule has 0 aliphatic heterocycles. The Bertz CT molecular complexity index is 5120. The molecular formula is C94H92N18O5. The van der Waals surface area contributed by atoms with Crippen molar-refractivity contribution in [3.8, 4) is 0 Å². The number of benzene rings is 2. The van der Waals surface area contributed by atoms with E-state index in [9.17, 15) is 19.2 Å². The van der Waals surface area contributed by atoms with Gasteiger partial charge in [-0.1, -0.05) is 97.1 Å². The summed E-state index contributed by atoms with van der Waals surface area (Å²) in [7, 11) is 0. The second-order valence-corrected chi connectivity index (χ2v) is 28.0. The van der Waals surface area contributed by atoms with Gasteiger partial charge in [-0.3, -0.25) is 93.8 Å². The van der Waals surface area contributed by atoms with Gasteiger partial charge in [-0.15, -0.1) is 0 Å². The predicted octanol–water partition coefficient (Wildman–Crippen LogP) is 13.6. The molecule has 0 spiro atoms. The number of carboxylic acid groups (broad SMARTS) is 1. The Balaban J connectivity index is 0.000000180. The van der Waals surface area contributed by atoms with E-state index in [-0.39, 0.29) is 29.5 Å². The van der Waals surface area contributed by atoms with Crippen LogP contribution in [-0.4, -0.2) is 121 Å². The molecule has 12 heterocycles. The van der Waals surface area contributed by atoms with Gasteiger partial charge in [0.2, 0.25) is 0 Å². The highest BCUT2D eigenvalue weighted by atomic mass is 16.4. The maximum Gasteiger partial charge on any atom is 0.337 e. The Kier molecular flexibility index (Phi) is 31.6. The number of hydrogen-bond donors (Lipinski definition) is 3. The molecule has 0 bridgehead atoms. The van der Waals surface area contributed by atoms with E-state index >= 15 is 0 Å². The maximum atomic E-state index is 13.2. The van der Waals surface area contributed by atoms with Gasteiger partial charge in [0.15, 0.2) is 11.6 Å². The maximum absolute atomic E-state index is 13.2. The standard InChI is InChI=1S/C47H45N9O2.C28H29N5O.C19H18N4O2/c57-46(38-17-19-44(53-28-38)34-55(30-40-9-1-5-22-48-40)31-41-10-2-6-23-49-41)27-37-15-13-36(14-16-37)21-26-52-47(58)39-18-20-45(54-29-39)35-56(32-42-11-3-7-24-50-42)33-43-12-4-8-25-51-43;29-14-13-22-7-9-23(10-8-22)17-28(34)24-11-12-27(32-18-24)21-33(19-25-5-1-3-15-30-25)20-26-6-2-4-16-31-26;24-19(25)15-7-8-18(22-11-15)14-23(12-16-5-1-3-9-20-16)13-17-6-2-4-10-21-17/h1-20,22-25,28-29H,21,26-27,30-35H2,(H,52,58);1-12,15-16,18H,13-14,17,19-21,29H2;1-11H,12-14H2,(H,24,25). The van der Waals surface area contributed by atoms with E-state index in [1.54, 1.807) is 80.3 Å². The summed E-state index contributed by atoms with van der Waals surface area (Å²) in [6, 6.07) is 77.7. The average Bonchev–Trinajstić information content (AvgIpc) is 0.900. The van der Waals surface area contributed by atoms with Crippen molar-refractivity contribution in [2.75, 3.05) is 13.1 Å². The molecular weight excluding hydrogens is 1460 g/mol. The normalized spacial score (nSPS) is 11.0. The van der Waals surface area contributed by atoms with Crippen molar-refractivity contribution in [1.29, 1.82) is 0 Å². The lowest BCUT2D eigenvalue weighted by Crippen LogP contribution is -2.26. The van der Waals surface area contributed by atoms with E-state index in [0.717, 1.165) is 91.4 Å². The molecule has 14 rings (SSSR count). The van der Waals surface area contributed by atoms with Crippen LogP contribution < -0.4 is 11.1 Å². The van der Waals surface area contributed by atoms with Gasteiger partial charge in [-0.25, -0.2) is 4.79 Å². The number of amides is 1. The molecule has 12 aromatic heterocycles. The number of carbonyl (C=O) groups is 4. The lowest BCUT2D eigenvalue weighted by atomic mass is 10.0. The van der Waals surface area contributed by atoms with Gasteiger partial charge in [0.1, 0.15) is 0 Å². The minimum Gasteiger partial charge on any atom is -0.478 e. The van der Waals surface area contributed by atoms with E-state index in [1.807, 2.05) is 231 Å². The number of aromatic carboxylic acids is 1. The molecule has 4 N–H and O–H groups in total. The van der Waals surface area contributed by atoms with E-state index in [1.165, 1.54) is 11.8 Å². The zero-order valence-corrected chi connectivity index (χ0v) is 65.1. The molecule has 23 nitrogen and oxygen atoms in total. The summed E-state index contributed by atoms with van der Waals surface area (Å²) >= 11 is 0. The second-order valence-electron chi connectivity index (χ2n) is 28.0. The number of pyridine rings is 12. The molecule has 1 amide bonds. The molecule has 0 atom stereocenters. The van der Waals surface area contributed by atoms with E-state index in [2.05, 4.69) is 84.7 Å². The third kappa shape index (κ3) is 28.1. The topological polar surface area (TPSA) is 294 Å². The molecule has 0 fully saturated rings. The Morgan fingerprint density at radius 3 is 0.718 bits per heavy atom. The molecule has 0 aliphatic rings. The van der Waals surface area contributed by atoms with E-state index < -0.39 is 5.97 Å². The number of hydrogen-bond acceptors (Lipinski definition) is 21. The first-order valence-corrected chi connectivity index (χ1v) is 38.7. The van der Waals surface area contributed by atoms with Crippen LogP contribution in [0.3, 0.4) is 0 Å². The SMILES string of the molecule is NCCc1ccc(CC(=O)c2ccc(CN(Cc3ccccn3)Cc3ccccn3)nc2)cc1.O=C(Cc1ccc(CCNC(=O)c2ccc(CN(Cc3ccccn3)Cc3ccccn3)nc2)cc1)c1ccc(CN(Cc2ccccn2)Cc2ccccn2)nc1.O=C(O)c1ccc(CN(Cc2ccccn2)Cc2ccccn2)nc1. The first-order valence-electron chi connectivity index (χ1n) is 38.7. The van der Waals surface area contributed by atoms with Crippen LogP contribution in [0.5, 0.6) is 0 Å². The van der Waals surface area contributed by atoms with E-state index in [4.69, 9.17) is 10.8 Å². The molecule has 0 saturated carbocycles. The van der Waals surface area contributed by atoms with Crippen molar-refractivity contribution in [2.24, 2.45) is 5.73 Å². The first-order chi connectivity index (χ1) is 57.4. The molecule has 14 aromatic rings. The summed E-state index contributed by atoms with van der Waals surface area (Å²) < 4.78 is 0. The minimum atomic E-state index is -0.974. The largest absolute Gasteiger partial charge is 0.478 e. The quantitative estimate of drug-likeness (QED) is 0.0305. The number of ketones is 2. The fraction of sp³-hybridized carbons (Fsp3) is 0.191. The molecule has 2 aromatic carbocycles. The number of nitrogens with zero attached hydrogens (tertiary/aromatic N) is 16. The summed E-state index contributed by atoms with van der Waals surface area (Å²) in [4.78, 5) is 112. The van der Waals surface area contributed by atoms with Crippen LogP contribution in [-0.2, 0) is 104 Å². The average molecular weight is 1550 g/mol. The predicted molar refractivity (Wildman–Crippen MR) is 447 cm³/mol. The monoisotopic (exact) mass is 1550 g/mol. The van der Waals surface area contributed by atoms with Gasteiger partial charge in [-0.2, -0.15) is 0 Å². The number of nitrogens with one attached hydrogen (secondary N) is 1. The van der Waals surface area contributed by atoms with Crippen molar-refractivity contribution < 1.29 is 24.3 Å². The zero-order valence-electron chi connectivity index (χ0n) is 65.1. The first kappa shape index (κ1) is 82.8. The van der Waals surface area contributed by atoms with Crippen LogP contribution in [0.2, 0.25) is 0 Å². The Labute approximate surface area is 681 Å². The number of carboxylic acids is 1. The van der Waals surface area contributed by atoms with Crippen molar-refractivity contribution in [3.63, 3.8) is 0 Å². The van der Waals surface area contributed by atoms with Gasteiger partial charge < -0.3 is 16.2 Å². The van der Waals surface area contributed by atoms with Gasteiger partial charge in [0, 0.05) is 183 Å². The van der Waals surface area contributed by atoms with Crippen LogP contribution in [0.1, 0.15) is 132 Å². The van der Waals surface area contributed by atoms with Crippen molar-refractivity contribution in [2.45, 2.75) is 104 Å². The third-order valence-electron chi connectivity index (χ3n) is 18.8. The number of nitrogens with two attached hydrogens (primary N) is 1. The van der Waals surface area contributed by atoms with Gasteiger partial charge in [0.25, 0.3) is 5.91 Å². The third-order valence-corrected chi connectivity index (χ3v) is 18.8. The Hall–Kier alpha value is -13.7. The highest BCUT2D eigenvalue weighted by Crippen LogP contribution is 2.20. The molecule has 0 radical (unpaired) electrons.